The number of benzene rings is 2. The number of carbonyl (C=O) groups excluding carboxylic acids is 3. The first-order chi connectivity index (χ1) is 12.8. The summed E-state index contributed by atoms with van der Waals surface area (Å²) in [4.78, 5) is 35.7. The Balaban J connectivity index is 2.13. The van der Waals surface area contributed by atoms with Crippen LogP contribution < -0.4 is 5.32 Å². The first-order valence-corrected chi connectivity index (χ1v) is 8.52. The van der Waals surface area contributed by atoms with Crippen molar-refractivity contribution in [2.45, 2.75) is 4.90 Å². The highest BCUT2D eigenvalue weighted by Crippen LogP contribution is 2.23. The van der Waals surface area contributed by atoms with Gasteiger partial charge in [0, 0.05) is 16.6 Å². The normalized spacial score (nSPS) is 10.2. The van der Waals surface area contributed by atoms with Crippen LogP contribution in [0.15, 0.2) is 41.3 Å². The van der Waals surface area contributed by atoms with Gasteiger partial charge in [-0.2, -0.15) is 0 Å². The molecule has 0 unspecified atom stereocenters. The van der Waals surface area contributed by atoms with Gasteiger partial charge >= 0.3 is 11.9 Å². The lowest BCUT2D eigenvalue weighted by Crippen LogP contribution is -2.16. The van der Waals surface area contributed by atoms with Crippen molar-refractivity contribution in [3.8, 4) is 0 Å². The van der Waals surface area contributed by atoms with Crippen LogP contribution in [0.3, 0.4) is 0 Å². The lowest BCUT2D eigenvalue weighted by molar-refractivity contribution is -0.113. The molecule has 0 saturated heterocycles. The Morgan fingerprint density at radius 1 is 0.963 bits per heavy atom. The molecule has 0 bridgehead atoms. The topological polar surface area (TPSA) is 81.7 Å². The molecule has 0 spiro atoms. The number of nitrogens with one attached hydrogen (secondary N) is 1. The first-order valence-electron chi connectivity index (χ1n) is 7.53. The molecule has 0 radical (unpaired) electrons. The summed E-state index contributed by atoms with van der Waals surface area (Å²) in [5.74, 6) is -3.55. The Labute approximate surface area is 157 Å². The average Bonchev–Trinajstić information content (AvgIpc) is 2.65. The third-order valence-electron chi connectivity index (χ3n) is 3.31. The number of carbonyl (C=O) groups is 3. The second-order valence-electron chi connectivity index (χ2n) is 5.19. The Morgan fingerprint density at radius 3 is 2.07 bits per heavy atom. The largest absolute Gasteiger partial charge is 0.465 e. The van der Waals surface area contributed by atoms with Gasteiger partial charge in [-0.15, -0.1) is 11.8 Å². The van der Waals surface area contributed by atoms with Crippen LogP contribution >= 0.6 is 11.8 Å². The van der Waals surface area contributed by atoms with Crippen molar-refractivity contribution in [1.29, 1.82) is 0 Å². The van der Waals surface area contributed by atoms with Gasteiger partial charge in [0.05, 0.1) is 31.1 Å². The first kappa shape index (κ1) is 20.4. The molecule has 0 aliphatic rings. The van der Waals surface area contributed by atoms with Gasteiger partial charge in [-0.05, 0) is 30.3 Å². The summed E-state index contributed by atoms with van der Waals surface area (Å²) >= 11 is 0.876. The smallest absolute Gasteiger partial charge is 0.337 e. The summed E-state index contributed by atoms with van der Waals surface area (Å²) in [5, 5.41) is 2.51. The number of halogens is 2. The predicted molar refractivity (Wildman–Crippen MR) is 94.8 cm³/mol. The lowest BCUT2D eigenvalue weighted by Gasteiger charge is -2.10. The minimum Gasteiger partial charge on any atom is -0.465 e. The zero-order valence-electron chi connectivity index (χ0n) is 14.4. The second kappa shape index (κ2) is 9.13. The molecule has 0 heterocycles. The van der Waals surface area contributed by atoms with Gasteiger partial charge in [-0.1, -0.05) is 0 Å². The number of thioether (sulfide) groups is 1. The molecule has 2 rings (SSSR count). The molecule has 6 nitrogen and oxygen atoms in total. The van der Waals surface area contributed by atoms with E-state index in [0.717, 1.165) is 23.9 Å². The van der Waals surface area contributed by atoms with Crippen molar-refractivity contribution in [2.75, 3.05) is 25.3 Å². The van der Waals surface area contributed by atoms with Gasteiger partial charge < -0.3 is 14.8 Å². The number of amides is 1. The van der Waals surface area contributed by atoms with E-state index in [4.69, 9.17) is 0 Å². The minimum atomic E-state index is -0.770. The van der Waals surface area contributed by atoms with Crippen LogP contribution in [0.4, 0.5) is 14.5 Å². The number of anilines is 1. The summed E-state index contributed by atoms with van der Waals surface area (Å²) in [6, 6.07) is 6.99. The molecular weight excluding hydrogens is 380 g/mol. The third-order valence-corrected chi connectivity index (χ3v) is 4.36. The Bertz CT molecular complexity index is 854. The number of hydrogen-bond acceptors (Lipinski definition) is 6. The minimum absolute atomic E-state index is 0.0490. The molecule has 1 amide bonds. The number of rotatable bonds is 6. The van der Waals surface area contributed by atoms with Gasteiger partial charge in [-0.25, -0.2) is 18.4 Å². The molecule has 2 aromatic carbocycles. The van der Waals surface area contributed by atoms with Crippen molar-refractivity contribution in [3.05, 3.63) is 59.2 Å². The third kappa shape index (κ3) is 5.52. The van der Waals surface area contributed by atoms with Gasteiger partial charge in [0.15, 0.2) is 0 Å². The number of methoxy groups -OCH3 is 2. The number of hydrogen-bond donors (Lipinski definition) is 1. The van der Waals surface area contributed by atoms with E-state index in [1.807, 2.05) is 0 Å². The van der Waals surface area contributed by atoms with E-state index in [1.165, 1.54) is 38.5 Å². The van der Waals surface area contributed by atoms with E-state index < -0.39 is 29.5 Å². The van der Waals surface area contributed by atoms with Crippen LogP contribution in [-0.4, -0.2) is 37.8 Å². The van der Waals surface area contributed by atoms with Crippen LogP contribution in [0.1, 0.15) is 20.7 Å². The maximum absolute atomic E-state index is 13.6. The van der Waals surface area contributed by atoms with Crippen LogP contribution in [0, 0.1) is 11.6 Å². The highest BCUT2D eigenvalue weighted by Gasteiger charge is 2.15. The highest BCUT2D eigenvalue weighted by atomic mass is 32.2. The Hall–Kier alpha value is -2.94. The molecule has 1 N–H and O–H groups in total. The summed E-state index contributed by atoms with van der Waals surface area (Å²) in [7, 11) is 2.36. The molecule has 0 fully saturated rings. The maximum atomic E-state index is 13.6. The standard InChI is InChI=1S/C18H15F2NO5S/c1-25-17(23)10-5-11(18(24)26-2)7-13(6-10)21-16(22)9-27-15-4-3-12(19)8-14(15)20/h3-8H,9H2,1-2H3,(H,21,22). The van der Waals surface area contributed by atoms with E-state index in [9.17, 15) is 23.2 Å². The van der Waals surface area contributed by atoms with Crippen molar-refractivity contribution in [3.63, 3.8) is 0 Å². The van der Waals surface area contributed by atoms with Crippen molar-refractivity contribution >= 4 is 35.3 Å². The lowest BCUT2D eigenvalue weighted by atomic mass is 10.1. The fourth-order valence-corrected chi connectivity index (χ4v) is 2.82. The van der Waals surface area contributed by atoms with Crippen LogP contribution in [-0.2, 0) is 14.3 Å². The van der Waals surface area contributed by atoms with E-state index in [2.05, 4.69) is 14.8 Å². The molecule has 27 heavy (non-hydrogen) atoms. The van der Waals surface area contributed by atoms with Crippen molar-refractivity contribution < 1.29 is 32.6 Å². The monoisotopic (exact) mass is 395 g/mol. The molecular formula is C18H15F2NO5S. The fourth-order valence-electron chi connectivity index (χ4n) is 2.10. The SMILES string of the molecule is COC(=O)c1cc(NC(=O)CSc2ccc(F)cc2F)cc(C(=O)OC)c1. The van der Waals surface area contributed by atoms with E-state index in [0.29, 0.717) is 0 Å². The van der Waals surface area contributed by atoms with Gasteiger partial charge in [0.2, 0.25) is 5.91 Å². The quantitative estimate of drug-likeness (QED) is 0.597. The average molecular weight is 395 g/mol. The molecule has 0 aromatic heterocycles. The predicted octanol–water partition coefficient (Wildman–Crippen LogP) is 3.27. The fraction of sp³-hybridized carbons (Fsp3) is 0.167. The summed E-state index contributed by atoms with van der Waals surface area (Å²) in [5.41, 5.74) is 0.268. The van der Waals surface area contributed by atoms with Crippen molar-refractivity contribution in [1.82, 2.24) is 0 Å². The van der Waals surface area contributed by atoms with E-state index in [1.54, 1.807) is 0 Å². The second-order valence-corrected chi connectivity index (χ2v) is 6.21. The van der Waals surface area contributed by atoms with Gasteiger partial charge in [0.1, 0.15) is 11.6 Å². The molecule has 0 saturated carbocycles. The summed E-state index contributed by atoms with van der Waals surface area (Å²) < 4.78 is 35.7. The zero-order valence-corrected chi connectivity index (χ0v) is 15.2. The van der Waals surface area contributed by atoms with Crippen LogP contribution in [0.5, 0.6) is 0 Å². The highest BCUT2D eigenvalue weighted by molar-refractivity contribution is 8.00. The molecule has 0 atom stereocenters. The summed E-state index contributed by atoms with van der Waals surface area (Å²) in [6.45, 7) is 0. The van der Waals surface area contributed by atoms with Crippen molar-refractivity contribution in [2.24, 2.45) is 0 Å². The zero-order chi connectivity index (χ0) is 20.0. The molecule has 2 aromatic rings. The Morgan fingerprint density at radius 2 is 1.56 bits per heavy atom. The van der Waals surface area contributed by atoms with E-state index in [-0.39, 0.29) is 27.5 Å². The Kier molecular flexibility index (Phi) is 6.89. The van der Waals surface area contributed by atoms with Crippen LogP contribution in [0.2, 0.25) is 0 Å². The van der Waals surface area contributed by atoms with E-state index >= 15 is 0 Å². The van der Waals surface area contributed by atoms with Gasteiger partial charge in [-0.3, -0.25) is 4.79 Å². The maximum Gasteiger partial charge on any atom is 0.337 e. The molecule has 142 valence electrons. The summed E-state index contributed by atoms with van der Waals surface area (Å²) in [6.07, 6.45) is 0. The molecule has 9 heteroatoms. The molecule has 0 aliphatic carbocycles. The number of ether oxygens (including phenoxy) is 2. The molecule has 0 aliphatic heterocycles. The number of esters is 2. The van der Waals surface area contributed by atoms with Gasteiger partial charge in [0.25, 0.3) is 0 Å². The van der Waals surface area contributed by atoms with Crippen LogP contribution in [0.25, 0.3) is 0 Å².